The Morgan fingerprint density at radius 1 is 1.00 bits per heavy atom. The third kappa shape index (κ3) is 3.22. The van der Waals surface area contributed by atoms with Gasteiger partial charge in [-0.3, -0.25) is 14.6 Å². The van der Waals surface area contributed by atoms with Crippen molar-refractivity contribution in [1.29, 1.82) is 0 Å². The predicted molar refractivity (Wildman–Crippen MR) is 86.0 cm³/mol. The number of aryl methyl sites for hydroxylation is 2. The van der Waals surface area contributed by atoms with Crippen LogP contribution in [-0.4, -0.2) is 34.7 Å². The molecule has 1 atom stereocenters. The molecule has 114 valence electrons. The summed E-state index contributed by atoms with van der Waals surface area (Å²) < 4.78 is 0. The number of amides is 1. The molecule has 0 fully saturated rings. The van der Waals surface area contributed by atoms with Crippen LogP contribution in [0.1, 0.15) is 38.8 Å². The van der Waals surface area contributed by atoms with Gasteiger partial charge in [0.1, 0.15) is 0 Å². The number of carbonyl (C=O) groups excluding carboxylic acids is 2. The highest BCUT2D eigenvalue weighted by Gasteiger charge is 2.24. The van der Waals surface area contributed by atoms with E-state index in [0.717, 1.165) is 11.1 Å². The molecule has 0 aliphatic carbocycles. The van der Waals surface area contributed by atoms with Gasteiger partial charge in [0.05, 0.1) is 6.04 Å². The van der Waals surface area contributed by atoms with Crippen LogP contribution in [0.25, 0.3) is 0 Å². The lowest BCUT2D eigenvalue weighted by molar-refractivity contribution is 0.0675. The minimum atomic E-state index is -0.525. The molecular formula is C18H20N2O2. The molecule has 0 saturated heterocycles. The molecule has 2 aromatic rings. The lowest BCUT2D eigenvalue weighted by Crippen LogP contribution is -2.40. The summed E-state index contributed by atoms with van der Waals surface area (Å²) in [6.45, 7) is 5.73. The van der Waals surface area contributed by atoms with Gasteiger partial charge < -0.3 is 4.90 Å². The molecule has 0 N–H and O–H groups in total. The largest absolute Gasteiger partial charge is 0.332 e. The second-order valence-electron chi connectivity index (χ2n) is 5.49. The van der Waals surface area contributed by atoms with Crippen LogP contribution in [0.15, 0.2) is 42.7 Å². The van der Waals surface area contributed by atoms with Gasteiger partial charge in [-0.1, -0.05) is 12.1 Å². The van der Waals surface area contributed by atoms with Crippen LogP contribution in [0.4, 0.5) is 0 Å². The Morgan fingerprint density at radius 3 is 2.23 bits per heavy atom. The van der Waals surface area contributed by atoms with Gasteiger partial charge in [0, 0.05) is 30.6 Å². The first-order valence-electron chi connectivity index (χ1n) is 7.20. The molecular weight excluding hydrogens is 276 g/mol. The number of benzene rings is 1. The first-order chi connectivity index (χ1) is 10.4. The number of hydrogen-bond donors (Lipinski definition) is 0. The van der Waals surface area contributed by atoms with E-state index in [1.807, 2.05) is 32.0 Å². The minimum Gasteiger partial charge on any atom is -0.332 e. The molecule has 2 rings (SSSR count). The van der Waals surface area contributed by atoms with Gasteiger partial charge in [0.15, 0.2) is 5.78 Å². The lowest BCUT2D eigenvalue weighted by Gasteiger charge is -2.24. The molecule has 0 aliphatic heterocycles. The number of Topliss-reactive ketones (excluding diaryl/α,β-unsaturated/α-hetero) is 1. The average Bonchev–Trinajstić information content (AvgIpc) is 2.55. The highest BCUT2D eigenvalue weighted by molar-refractivity contribution is 6.04. The number of ketones is 1. The fourth-order valence-electron chi connectivity index (χ4n) is 2.19. The van der Waals surface area contributed by atoms with E-state index in [4.69, 9.17) is 0 Å². The number of hydrogen-bond acceptors (Lipinski definition) is 3. The van der Waals surface area contributed by atoms with E-state index < -0.39 is 6.04 Å². The summed E-state index contributed by atoms with van der Waals surface area (Å²) in [6, 6.07) is 8.38. The Labute approximate surface area is 130 Å². The van der Waals surface area contributed by atoms with Crippen LogP contribution in [0.2, 0.25) is 0 Å². The fraction of sp³-hybridized carbons (Fsp3) is 0.278. The van der Waals surface area contributed by atoms with Crippen molar-refractivity contribution in [3.63, 3.8) is 0 Å². The molecule has 4 nitrogen and oxygen atoms in total. The standard InChI is InChI=1S/C18H20N2O2/c1-12-5-6-16(11-13(12)2)17(21)14(3)20(4)18(22)15-7-9-19-10-8-15/h5-11,14H,1-4H3. The van der Waals surface area contributed by atoms with Gasteiger partial charge in [-0.05, 0) is 50.1 Å². The molecule has 0 saturated carbocycles. The first kappa shape index (κ1) is 15.9. The van der Waals surface area contributed by atoms with Crippen LogP contribution in [0, 0.1) is 13.8 Å². The Bertz CT molecular complexity index is 695. The van der Waals surface area contributed by atoms with Gasteiger partial charge in [0.2, 0.25) is 0 Å². The van der Waals surface area contributed by atoms with Crippen LogP contribution in [-0.2, 0) is 0 Å². The molecule has 0 radical (unpaired) electrons. The molecule has 0 aliphatic rings. The maximum atomic E-state index is 12.6. The highest BCUT2D eigenvalue weighted by Crippen LogP contribution is 2.15. The van der Waals surface area contributed by atoms with Crippen LogP contribution in [0.3, 0.4) is 0 Å². The summed E-state index contributed by atoms with van der Waals surface area (Å²) >= 11 is 0. The van der Waals surface area contributed by atoms with Crippen molar-refractivity contribution in [3.8, 4) is 0 Å². The summed E-state index contributed by atoms with van der Waals surface area (Å²) in [5.41, 5.74) is 3.37. The predicted octanol–water partition coefficient (Wildman–Crippen LogP) is 3.04. The van der Waals surface area contributed by atoms with Crippen molar-refractivity contribution in [2.45, 2.75) is 26.8 Å². The zero-order chi connectivity index (χ0) is 16.3. The number of aromatic nitrogens is 1. The Morgan fingerprint density at radius 2 is 1.64 bits per heavy atom. The zero-order valence-electron chi connectivity index (χ0n) is 13.3. The van der Waals surface area contributed by atoms with E-state index in [1.165, 1.54) is 4.90 Å². The number of likely N-dealkylation sites (N-methyl/N-ethyl adjacent to an activating group) is 1. The number of rotatable bonds is 4. The lowest BCUT2D eigenvalue weighted by atomic mass is 9.99. The summed E-state index contributed by atoms with van der Waals surface area (Å²) in [6.07, 6.45) is 3.13. The van der Waals surface area contributed by atoms with E-state index in [-0.39, 0.29) is 11.7 Å². The summed E-state index contributed by atoms with van der Waals surface area (Å²) in [5.74, 6) is -0.250. The van der Waals surface area contributed by atoms with Crippen molar-refractivity contribution in [2.24, 2.45) is 0 Å². The second-order valence-corrected chi connectivity index (χ2v) is 5.49. The van der Waals surface area contributed by atoms with Gasteiger partial charge in [-0.25, -0.2) is 0 Å². The van der Waals surface area contributed by atoms with E-state index >= 15 is 0 Å². The maximum Gasteiger partial charge on any atom is 0.254 e. The van der Waals surface area contributed by atoms with E-state index in [1.54, 1.807) is 38.5 Å². The Kier molecular flexibility index (Phi) is 4.71. The van der Waals surface area contributed by atoms with Gasteiger partial charge in [0.25, 0.3) is 5.91 Å². The normalized spacial score (nSPS) is 11.8. The Hall–Kier alpha value is -2.49. The van der Waals surface area contributed by atoms with Crippen molar-refractivity contribution in [1.82, 2.24) is 9.88 Å². The molecule has 1 heterocycles. The molecule has 1 aromatic heterocycles. The van der Waals surface area contributed by atoms with Crippen molar-refractivity contribution >= 4 is 11.7 Å². The minimum absolute atomic E-state index is 0.0620. The van der Waals surface area contributed by atoms with Crippen LogP contribution in [0.5, 0.6) is 0 Å². The number of pyridine rings is 1. The summed E-state index contributed by atoms with van der Waals surface area (Å²) in [7, 11) is 1.65. The second kappa shape index (κ2) is 6.52. The number of nitrogens with zero attached hydrogens (tertiary/aromatic N) is 2. The monoisotopic (exact) mass is 296 g/mol. The molecule has 1 amide bonds. The van der Waals surface area contributed by atoms with Gasteiger partial charge in [-0.2, -0.15) is 0 Å². The molecule has 4 heteroatoms. The zero-order valence-corrected chi connectivity index (χ0v) is 13.3. The smallest absolute Gasteiger partial charge is 0.254 e. The van der Waals surface area contributed by atoms with Crippen LogP contribution >= 0.6 is 0 Å². The number of carbonyl (C=O) groups is 2. The van der Waals surface area contributed by atoms with Gasteiger partial charge >= 0.3 is 0 Å². The van der Waals surface area contributed by atoms with Crippen molar-refractivity contribution in [2.75, 3.05) is 7.05 Å². The summed E-state index contributed by atoms with van der Waals surface area (Å²) in [4.78, 5) is 30.3. The van der Waals surface area contributed by atoms with Crippen molar-refractivity contribution < 1.29 is 9.59 Å². The SMILES string of the molecule is Cc1ccc(C(=O)C(C)N(C)C(=O)c2ccncc2)cc1C. The van der Waals surface area contributed by atoms with E-state index in [2.05, 4.69) is 4.98 Å². The fourth-order valence-corrected chi connectivity index (χ4v) is 2.19. The molecule has 0 bridgehead atoms. The molecule has 22 heavy (non-hydrogen) atoms. The molecule has 1 aromatic carbocycles. The van der Waals surface area contributed by atoms with E-state index in [9.17, 15) is 9.59 Å². The highest BCUT2D eigenvalue weighted by atomic mass is 16.2. The average molecular weight is 296 g/mol. The van der Waals surface area contributed by atoms with Crippen molar-refractivity contribution in [3.05, 3.63) is 65.0 Å². The summed E-state index contributed by atoms with van der Waals surface area (Å²) in [5, 5.41) is 0. The topological polar surface area (TPSA) is 50.3 Å². The van der Waals surface area contributed by atoms with E-state index in [0.29, 0.717) is 11.1 Å². The maximum absolute atomic E-state index is 12.6. The quantitative estimate of drug-likeness (QED) is 0.815. The molecule has 1 unspecified atom stereocenters. The Balaban J connectivity index is 2.19. The van der Waals surface area contributed by atoms with Crippen LogP contribution < -0.4 is 0 Å². The first-order valence-corrected chi connectivity index (χ1v) is 7.20. The third-order valence-corrected chi connectivity index (χ3v) is 4.00. The van der Waals surface area contributed by atoms with Gasteiger partial charge in [-0.15, -0.1) is 0 Å². The molecule has 0 spiro atoms. The third-order valence-electron chi connectivity index (χ3n) is 4.00.